The molecule has 1 rings (SSSR count). The molecule has 0 atom stereocenters. The summed E-state index contributed by atoms with van der Waals surface area (Å²) in [6, 6.07) is 4.42. The van der Waals surface area contributed by atoms with E-state index in [1.54, 1.807) is 13.0 Å². The summed E-state index contributed by atoms with van der Waals surface area (Å²) in [5.74, 6) is -0.565. The molecular formula is C13H21FN2O2S. The summed E-state index contributed by atoms with van der Waals surface area (Å²) in [6.07, 6.45) is 1.52. The number of nitrogens with one attached hydrogen (secondary N) is 2. The van der Waals surface area contributed by atoms with Gasteiger partial charge in [0.15, 0.2) is 0 Å². The summed E-state index contributed by atoms with van der Waals surface area (Å²) < 4.78 is 39.3. The van der Waals surface area contributed by atoms with Crippen molar-refractivity contribution in [2.75, 3.05) is 23.6 Å². The average molecular weight is 288 g/mol. The Kier molecular flexibility index (Phi) is 6.24. The van der Waals surface area contributed by atoms with E-state index < -0.39 is 15.8 Å². The van der Waals surface area contributed by atoms with Gasteiger partial charge in [-0.2, -0.15) is 0 Å². The first-order valence-corrected chi connectivity index (χ1v) is 8.07. The summed E-state index contributed by atoms with van der Waals surface area (Å²) >= 11 is 0. The smallest absolute Gasteiger partial charge is 0.232 e. The maximum Gasteiger partial charge on any atom is 0.232 e. The van der Waals surface area contributed by atoms with Crippen LogP contribution in [0.1, 0.15) is 25.3 Å². The number of aryl methyl sites for hydroxylation is 1. The van der Waals surface area contributed by atoms with Gasteiger partial charge in [-0.3, -0.25) is 4.72 Å². The molecule has 6 heteroatoms. The number of hydrogen-bond acceptors (Lipinski definition) is 3. The SMILES string of the molecule is CCCNCCCS(=O)(=O)Nc1ccc(C)cc1F. The van der Waals surface area contributed by atoms with Gasteiger partial charge in [0.1, 0.15) is 5.82 Å². The molecule has 1 aromatic rings. The highest BCUT2D eigenvalue weighted by Gasteiger charge is 2.12. The van der Waals surface area contributed by atoms with Crippen LogP contribution in [0.25, 0.3) is 0 Å². The molecule has 0 saturated carbocycles. The molecule has 0 aliphatic rings. The number of sulfonamides is 1. The van der Waals surface area contributed by atoms with E-state index in [0.717, 1.165) is 18.5 Å². The highest BCUT2D eigenvalue weighted by Crippen LogP contribution is 2.16. The average Bonchev–Trinajstić information content (AvgIpc) is 2.32. The van der Waals surface area contributed by atoms with Crippen LogP contribution in [-0.2, 0) is 10.0 Å². The number of anilines is 1. The Bertz CT molecular complexity index is 503. The highest BCUT2D eigenvalue weighted by atomic mass is 32.2. The second-order valence-electron chi connectivity index (χ2n) is 4.51. The third-order valence-electron chi connectivity index (χ3n) is 2.58. The minimum absolute atomic E-state index is 0.00659. The Hall–Kier alpha value is -1.14. The zero-order valence-corrected chi connectivity index (χ0v) is 12.2. The van der Waals surface area contributed by atoms with Crippen LogP contribution in [0.4, 0.5) is 10.1 Å². The van der Waals surface area contributed by atoms with Crippen LogP contribution in [0.3, 0.4) is 0 Å². The van der Waals surface area contributed by atoms with Gasteiger partial charge in [0, 0.05) is 0 Å². The fourth-order valence-electron chi connectivity index (χ4n) is 1.61. The van der Waals surface area contributed by atoms with Gasteiger partial charge in [0.05, 0.1) is 11.4 Å². The van der Waals surface area contributed by atoms with Crippen molar-refractivity contribution in [3.8, 4) is 0 Å². The Balaban J connectivity index is 2.50. The Morgan fingerprint density at radius 1 is 1.26 bits per heavy atom. The molecule has 0 bridgehead atoms. The van der Waals surface area contributed by atoms with Crippen molar-refractivity contribution < 1.29 is 12.8 Å². The van der Waals surface area contributed by atoms with Crippen LogP contribution in [0.5, 0.6) is 0 Å². The Morgan fingerprint density at radius 2 is 2.00 bits per heavy atom. The first kappa shape index (κ1) is 15.9. The van der Waals surface area contributed by atoms with Crippen molar-refractivity contribution >= 4 is 15.7 Å². The number of halogens is 1. The monoisotopic (exact) mass is 288 g/mol. The van der Waals surface area contributed by atoms with Crippen molar-refractivity contribution in [2.24, 2.45) is 0 Å². The third kappa shape index (κ3) is 6.02. The summed E-state index contributed by atoms with van der Waals surface area (Å²) in [5, 5.41) is 3.12. The van der Waals surface area contributed by atoms with Gasteiger partial charge in [-0.25, -0.2) is 12.8 Å². The van der Waals surface area contributed by atoms with E-state index in [1.165, 1.54) is 12.1 Å². The molecule has 0 unspecified atom stereocenters. The van der Waals surface area contributed by atoms with Crippen molar-refractivity contribution in [1.29, 1.82) is 0 Å². The zero-order chi connectivity index (χ0) is 14.3. The molecule has 0 fully saturated rings. The van der Waals surface area contributed by atoms with E-state index in [1.807, 2.05) is 6.92 Å². The molecule has 0 amide bonds. The molecule has 0 aliphatic carbocycles. The predicted molar refractivity (Wildman–Crippen MR) is 76.3 cm³/mol. The standard InChI is InChI=1S/C13H21FN2O2S/c1-3-7-15-8-4-9-19(17,18)16-13-6-5-11(2)10-12(13)14/h5-6,10,15-16H,3-4,7-9H2,1-2H3. The van der Waals surface area contributed by atoms with Gasteiger partial charge in [-0.05, 0) is 50.6 Å². The molecule has 19 heavy (non-hydrogen) atoms. The van der Waals surface area contributed by atoms with Gasteiger partial charge in [-0.15, -0.1) is 0 Å². The molecule has 0 spiro atoms. The van der Waals surface area contributed by atoms with Crippen LogP contribution in [0.2, 0.25) is 0 Å². The minimum atomic E-state index is -3.49. The van der Waals surface area contributed by atoms with Crippen LogP contribution in [-0.4, -0.2) is 27.3 Å². The maximum atomic E-state index is 13.5. The molecule has 0 aromatic heterocycles. The van der Waals surface area contributed by atoms with Gasteiger partial charge in [-0.1, -0.05) is 13.0 Å². The minimum Gasteiger partial charge on any atom is -0.317 e. The number of rotatable bonds is 8. The van der Waals surface area contributed by atoms with Crippen molar-refractivity contribution in [1.82, 2.24) is 5.32 Å². The number of benzene rings is 1. The lowest BCUT2D eigenvalue weighted by Crippen LogP contribution is -2.22. The van der Waals surface area contributed by atoms with E-state index in [4.69, 9.17) is 0 Å². The third-order valence-corrected chi connectivity index (χ3v) is 3.94. The molecule has 4 nitrogen and oxygen atoms in total. The van der Waals surface area contributed by atoms with Crippen LogP contribution < -0.4 is 10.0 Å². The van der Waals surface area contributed by atoms with E-state index in [2.05, 4.69) is 10.0 Å². The fraction of sp³-hybridized carbons (Fsp3) is 0.538. The van der Waals surface area contributed by atoms with Gasteiger partial charge >= 0.3 is 0 Å². The predicted octanol–water partition coefficient (Wildman–Crippen LogP) is 2.27. The van der Waals surface area contributed by atoms with Gasteiger partial charge in [0.25, 0.3) is 0 Å². The van der Waals surface area contributed by atoms with E-state index in [0.29, 0.717) is 13.0 Å². The Labute approximate surface area is 114 Å². The van der Waals surface area contributed by atoms with E-state index >= 15 is 0 Å². The molecular weight excluding hydrogens is 267 g/mol. The fourth-order valence-corrected chi connectivity index (χ4v) is 2.74. The lowest BCUT2D eigenvalue weighted by atomic mass is 10.2. The molecule has 108 valence electrons. The molecule has 0 radical (unpaired) electrons. The second-order valence-corrected chi connectivity index (χ2v) is 6.35. The molecule has 0 aliphatic heterocycles. The topological polar surface area (TPSA) is 58.2 Å². The Morgan fingerprint density at radius 3 is 2.63 bits per heavy atom. The summed E-state index contributed by atoms with van der Waals surface area (Å²) in [5.41, 5.74) is 0.760. The van der Waals surface area contributed by atoms with Gasteiger partial charge in [0.2, 0.25) is 10.0 Å². The normalized spacial score (nSPS) is 11.5. The largest absolute Gasteiger partial charge is 0.317 e. The lowest BCUT2D eigenvalue weighted by molar-refractivity contribution is 0.591. The second kappa shape index (κ2) is 7.45. The number of hydrogen-bond donors (Lipinski definition) is 2. The first-order chi connectivity index (χ1) is 8.94. The van der Waals surface area contributed by atoms with Crippen LogP contribution in [0, 0.1) is 12.7 Å². The molecule has 2 N–H and O–H groups in total. The molecule has 1 aromatic carbocycles. The molecule has 0 saturated heterocycles. The van der Waals surface area contributed by atoms with Crippen molar-refractivity contribution in [3.05, 3.63) is 29.6 Å². The van der Waals surface area contributed by atoms with Crippen LogP contribution in [0.15, 0.2) is 18.2 Å². The highest BCUT2D eigenvalue weighted by molar-refractivity contribution is 7.92. The first-order valence-electron chi connectivity index (χ1n) is 6.42. The summed E-state index contributed by atoms with van der Waals surface area (Å²) in [4.78, 5) is 0. The van der Waals surface area contributed by atoms with E-state index in [9.17, 15) is 12.8 Å². The van der Waals surface area contributed by atoms with Crippen LogP contribution >= 0.6 is 0 Å². The maximum absolute atomic E-state index is 13.5. The lowest BCUT2D eigenvalue weighted by Gasteiger charge is -2.09. The summed E-state index contributed by atoms with van der Waals surface area (Å²) in [7, 11) is -3.49. The zero-order valence-electron chi connectivity index (χ0n) is 11.4. The van der Waals surface area contributed by atoms with Gasteiger partial charge < -0.3 is 5.32 Å². The quantitative estimate of drug-likeness (QED) is 0.721. The molecule has 0 heterocycles. The van der Waals surface area contributed by atoms with Crippen molar-refractivity contribution in [3.63, 3.8) is 0 Å². The van der Waals surface area contributed by atoms with E-state index in [-0.39, 0.29) is 11.4 Å². The van der Waals surface area contributed by atoms with Crippen molar-refractivity contribution in [2.45, 2.75) is 26.7 Å². The summed E-state index contributed by atoms with van der Waals surface area (Å²) in [6.45, 7) is 5.32.